The van der Waals surface area contributed by atoms with Gasteiger partial charge in [0.1, 0.15) is 5.01 Å². The summed E-state index contributed by atoms with van der Waals surface area (Å²) in [5, 5.41) is 11.1. The second kappa shape index (κ2) is 6.20. The Balaban J connectivity index is 1.34. The number of anilines is 1. The second-order valence-corrected chi connectivity index (χ2v) is 7.12. The predicted octanol–water partition coefficient (Wildman–Crippen LogP) is 3.11. The molecule has 0 bridgehead atoms. The van der Waals surface area contributed by atoms with Gasteiger partial charge >= 0.3 is 0 Å². The van der Waals surface area contributed by atoms with E-state index in [2.05, 4.69) is 20.1 Å². The van der Waals surface area contributed by atoms with Crippen molar-refractivity contribution in [3.8, 4) is 5.88 Å². The molecule has 2 fully saturated rings. The van der Waals surface area contributed by atoms with E-state index in [1.165, 1.54) is 30.7 Å². The molecule has 1 aliphatic carbocycles. The van der Waals surface area contributed by atoms with Gasteiger partial charge in [-0.15, -0.1) is 10.2 Å². The van der Waals surface area contributed by atoms with Gasteiger partial charge < -0.3 is 9.64 Å². The molecular formula is C16H20N4OS. The number of ether oxygens (including phenoxy) is 1. The summed E-state index contributed by atoms with van der Waals surface area (Å²) in [6, 6.07) is 5.77. The number of hydrogen-bond acceptors (Lipinski definition) is 6. The van der Waals surface area contributed by atoms with E-state index in [1.807, 2.05) is 18.2 Å². The van der Waals surface area contributed by atoms with E-state index < -0.39 is 0 Å². The number of pyridine rings is 1. The van der Waals surface area contributed by atoms with E-state index >= 15 is 0 Å². The van der Waals surface area contributed by atoms with Crippen LogP contribution in [0.5, 0.6) is 5.88 Å². The fourth-order valence-electron chi connectivity index (χ4n) is 2.86. The molecule has 2 aliphatic rings. The molecule has 2 aromatic heterocycles. The van der Waals surface area contributed by atoms with Crippen LogP contribution in [-0.2, 0) is 0 Å². The summed E-state index contributed by atoms with van der Waals surface area (Å²) >= 11 is 1.78. The summed E-state index contributed by atoms with van der Waals surface area (Å²) in [5.41, 5.74) is 0. The summed E-state index contributed by atoms with van der Waals surface area (Å²) in [6.07, 6.45) is 6.74. The molecule has 0 aromatic carbocycles. The first-order valence-corrected chi connectivity index (χ1v) is 8.82. The van der Waals surface area contributed by atoms with Gasteiger partial charge in [-0.25, -0.2) is 4.98 Å². The van der Waals surface area contributed by atoms with Crippen molar-refractivity contribution in [1.29, 1.82) is 0 Å². The van der Waals surface area contributed by atoms with E-state index in [0.29, 0.717) is 17.7 Å². The highest BCUT2D eigenvalue weighted by atomic mass is 32.1. The predicted molar refractivity (Wildman–Crippen MR) is 86.6 cm³/mol. The minimum atomic E-state index is 0.532. The van der Waals surface area contributed by atoms with Gasteiger partial charge in [-0.05, 0) is 31.7 Å². The highest BCUT2D eigenvalue weighted by Gasteiger charge is 2.29. The fourth-order valence-corrected chi connectivity index (χ4v) is 3.91. The highest BCUT2D eigenvalue weighted by Crippen LogP contribution is 2.42. The molecule has 0 amide bonds. The van der Waals surface area contributed by atoms with E-state index in [1.54, 1.807) is 17.5 Å². The van der Waals surface area contributed by atoms with Crippen LogP contribution in [0.15, 0.2) is 24.4 Å². The Hall–Kier alpha value is -1.69. The van der Waals surface area contributed by atoms with Crippen molar-refractivity contribution in [2.45, 2.75) is 31.6 Å². The SMILES string of the molecule is c1ccc(OCC2CCCN(c3nnc(C4CC4)s3)C2)nc1. The zero-order valence-electron chi connectivity index (χ0n) is 12.5. The topological polar surface area (TPSA) is 51.1 Å². The molecular weight excluding hydrogens is 296 g/mol. The molecule has 1 atom stereocenters. The Morgan fingerprint density at radius 3 is 3.00 bits per heavy atom. The number of piperidine rings is 1. The molecule has 0 spiro atoms. The van der Waals surface area contributed by atoms with Gasteiger partial charge in [-0.2, -0.15) is 0 Å². The molecule has 6 heteroatoms. The lowest BCUT2D eigenvalue weighted by atomic mass is 9.99. The number of hydrogen-bond donors (Lipinski definition) is 0. The van der Waals surface area contributed by atoms with Crippen LogP contribution in [0.1, 0.15) is 36.6 Å². The van der Waals surface area contributed by atoms with Crippen molar-refractivity contribution in [2.24, 2.45) is 5.92 Å². The Morgan fingerprint density at radius 1 is 1.23 bits per heavy atom. The molecule has 116 valence electrons. The van der Waals surface area contributed by atoms with Gasteiger partial charge in [0, 0.05) is 37.2 Å². The first-order chi connectivity index (χ1) is 10.9. The first kappa shape index (κ1) is 13.9. The summed E-state index contributed by atoms with van der Waals surface area (Å²) in [6.45, 7) is 2.81. The monoisotopic (exact) mass is 316 g/mol. The van der Waals surface area contributed by atoms with Gasteiger partial charge in [0.05, 0.1) is 6.61 Å². The maximum atomic E-state index is 5.81. The molecule has 2 aromatic rings. The van der Waals surface area contributed by atoms with Gasteiger partial charge in [0.25, 0.3) is 0 Å². The molecule has 1 saturated heterocycles. The van der Waals surface area contributed by atoms with Gasteiger partial charge in [-0.1, -0.05) is 17.4 Å². The second-order valence-electron chi connectivity index (χ2n) is 6.13. The summed E-state index contributed by atoms with van der Waals surface area (Å²) in [4.78, 5) is 6.59. The Labute approximate surface area is 134 Å². The molecule has 5 nitrogen and oxygen atoms in total. The van der Waals surface area contributed by atoms with Crippen molar-refractivity contribution in [2.75, 3.05) is 24.6 Å². The fraction of sp³-hybridized carbons (Fsp3) is 0.562. The summed E-state index contributed by atoms with van der Waals surface area (Å²) < 4.78 is 5.81. The Kier molecular flexibility index (Phi) is 3.93. The van der Waals surface area contributed by atoms with Crippen LogP contribution in [0.3, 0.4) is 0 Å². The van der Waals surface area contributed by atoms with Crippen molar-refractivity contribution >= 4 is 16.5 Å². The number of nitrogens with zero attached hydrogens (tertiary/aromatic N) is 4. The van der Waals surface area contributed by atoms with Crippen LogP contribution < -0.4 is 9.64 Å². The average molecular weight is 316 g/mol. The summed E-state index contributed by atoms with van der Waals surface area (Å²) in [7, 11) is 0. The first-order valence-electron chi connectivity index (χ1n) is 8.00. The smallest absolute Gasteiger partial charge is 0.213 e. The van der Waals surface area contributed by atoms with Crippen molar-refractivity contribution < 1.29 is 4.74 Å². The van der Waals surface area contributed by atoms with Crippen molar-refractivity contribution in [3.05, 3.63) is 29.4 Å². The van der Waals surface area contributed by atoms with Crippen LogP contribution in [0.2, 0.25) is 0 Å². The standard InChI is InChI=1S/C16H20N4OS/c1-2-8-17-14(5-1)21-11-12-4-3-9-20(10-12)16-19-18-15(22-16)13-6-7-13/h1-2,5,8,12-13H,3-4,6-7,9-11H2. The number of rotatable bonds is 5. The van der Waals surface area contributed by atoms with Crippen molar-refractivity contribution in [3.63, 3.8) is 0 Å². The third kappa shape index (κ3) is 3.21. The van der Waals surface area contributed by atoms with Crippen LogP contribution in [0.4, 0.5) is 5.13 Å². The molecule has 0 radical (unpaired) electrons. The zero-order valence-corrected chi connectivity index (χ0v) is 13.3. The largest absolute Gasteiger partial charge is 0.477 e. The van der Waals surface area contributed by atoms with Gasteiger partial charge in [-0.3, -0.25) is 0 Å². The number of aromatic nitrogens is 3. The molecule has 1 aliphatic heterocycles. The Bertz CT molecular complexity index is 614. The minimum Gasteiger partial charge on any atom is -0.477 e. The molecule has 3 heterocycles. The highest BCUT2D eigenvalue weighted by molar-refractivity contribution is 7.15. The van der Waals surface area contributed by atoms with Crippen molar-refractivity contribution in [1.82, 2.24) is 15.2 Å². The Morgan fingerprint density at radius 2 is 2.18 bits per heavy atom. The molecule has 1 unspecified atom stereocenters. The van der Waals surface area contributed by atoms with Crippen LogP contribution in [0.25, 0.3) is 0 Å². The lowest BCUT2D eigenvalue weighted by Crippen LogP contribution is -2.37. The maximum Gasteiger partial charge on any atom is 0.213 e. The lowest BCUT2D eigenvalue weighted by molar-refractivity contribution is 0.222. The van der Waals surface area contributed by atoms with E-state index in [-0.39, 0.29) is 0 Å². The molecule has 1 saturated carbocycles. The minimum absolute atomic E-state index is 0.532. The average Bonchev–Trinajstić information content (AvgIpc) is 3.31. The van der Waals surface area contributed by atoms with Crippen LogP contribution >= 0.6 is 11.3 Å². The third-order valence-corrected chi connectivity index (χ3v) is 5.40. The van der Waals surface area contributed by atoms with E-state index in [9.17, 15) is 0 Å². The molecule has 4 rings (SSSR count). The van der Waals surface area contributed by atoms with E-state index in [4.69, 9.17) is 4.74 Å². The molecule has 22 heavy (non-hydrogen) atoms. The maximum absolute atomic E-state index is 5.81. The van der Waals surface area contributed by atoms with Crippen LogP contribution in [0, 0.1) is 5.92 Å². The van der Waals surface area contributed by atoms with Gasteiger partial charge in [0.2, 0.25) is 11.0 Å². The van der Waals surface area contributed by atoms with Crippen LogP contribution in [-0.4, -0.2) is 34.9 Å². The summed E-state index contributed by atoms with van der Waals surface area (Å²) in [5.74, 6) is 1.94. The van der Waals surface area contributed by atoms with Gasteiger partial charge in [0.15, 0.2) is 0 Å². The normalized spacial score (nSPS) is 21.8. The van der Waals surface area contributed by atoms with E-state index in [0.717, 1.165) is 24.8 Å². The lowest BCUT2D eigenvalue weighted by Gasteiger charge is -2.31. The molecule has 0 N–H and O–H groups in total. The third-order valence-electron chi connectivity index (χ3n) is 4.25. The quantitative estimate of drug-likeness (QED) is 0.848. The zero-order chi connectivity index (χ0) is 14.8.